The highest BCUT2D eigenvalue weighted by Gasteiger charge is 2.28. The van der Waals surface area contributed by atoms with Crippen LogP contribution in [0.15, 0.2) is 47.0 Å². The third-order valence-electron chi connectivity index (χ3n) is 6.75. The van der Waals surface area contributed by atoms with Crippen molar-refractivity contribution < 1.29 is 18.5 Å². The summed E-state index contributed by atoms with van der Waals surface area (Å²) in [6.07, 6.45) is 0. The molecular weight excluding hydrogens is 558 g/mol. The maximum absolute atomic E-state index is 14.2. The Balaban J connectivity index is 0.00000280. The summed E-state index contributed by atoms with van der Waals surface area (Å²) in [5.74, 6) is 0.00798. The Hall–Kier alpha value is -3.18. The average Bonchev–Trinajstić information content (AvgIpc) is 3.54. The first-order valence-corrected chi connectivity index (χ1v) is 12.8. The molecule has 0 unspecified atom stereocenters. The Morgan fingerprint density at radius 2 is 1.88 bits per heavy atom. The summed E-state index contributed by atoms with van der Waals surface area (Å²) in [6, 6.07) is 12.7. The van der Waals surface area contributed by atoms with Crippen LogP contribution in [0.4, 0.5) is 10.1 Å². The molecule has 0 radical (unpaired) electrons. The number of carbonyl (C=O) groups excluding carboxylic acids is 2. The second-order valence-corrected chi connectivity index (χ2v) is 9.50. The van der Waals surface area contributed by atoms with Crippen LogP contribution in [-0.4, -0.2) is 71.7 Å². The Bertz CT molecular complexity index is 1300. The number of hydrazine groups is 1. The fourth-order valence-corrected chi connectivity index (χ4v) is 4.48. The molecule has 40 heavy (non-hydrogen) atoms. The number of fused-ring (bicyclic) bond motifs is 1. The molecule has 2 aromatic carbocycles. The second-order valence-electron chi connectivity index (χ2n) is 9.50. The van der Waals surface area contributed by atoms with Crippen molar-refractivity contribution in [2.75, 3.05) is 45.1 Å². The van der Waals surface area contributed by atoms with Gasteiger partial charge in [-0.25, -0.2) is 9.40 Å². The number of aryl methyl sites for hydroxylation is 2. The normalized spacial score (nSPS) is 12.2. The van der Waals surface area contributed by atoms with Gasteiger partial charge in [0, 0.05) is 56.1 Å². The van der Waals surface area contributed by atoms with Crippen molar-refractivity contribution in [1.29, 1.82) is 0 Å². The summed E-state index contributed by atoms with van der Waals surface area (Å²) in [7, 11) is 1.66. The van der Waals surface area contributed by atoms with E-state index in [1.165, 1.54) is 11.1 Å². The Morgan fingerprint density at radius 3 is 2.52 bits per heavy atom. The summed E-state index contributed by atoms with van der Waals surface area (Å²) in [4.78, 5) is 27.9. The zero-order valence-corrected chi connectivity index (χ0v) is 24.8. The van der Waals surface area contributed by atoms with Crippen LogP contribution in [0, 0.1) is 19.7 Å². The number of benzene rings is 2. The summed E-state index contributed by atoms with van der Waals surface area (Å²) >= 11 is 0. The van der Waals surface area contributed by atoms with E-state index in [-0.39, 0.29) is 55.5 Å². The van der Waals surface area contributed by atoms with Crippen LogP contribution < -0.4 is 10.6 Å². The van der Waals surface area contributed by atoms with E-state index in [0.29, 0.717) is 37.5 Å². The summed E-state index contributed by atoms with van der Waals surface area (Å²) < 4.78 is 19.5. The van der Waals surface area contributed by atoms with Crippen LogP contribution in [0.2, 0.25) is 0 Å². The van der Waals surface area contributed by atoms with E-state index in [1.807, 2.05) is 51.1 Å². The molecule has 12 heteroatoms. The van der Waals surface area contributed by atoms with Crippen molar-refractivity contribution in [1.82, 2.24) is 25.4 Å². The standard InChI is InChI=1S/C28H35FN6O3.2ClH/c1-5-30-11-12-34(18-28(37)33(4)35-16-22-7-6-8-24(29)23(22)17-35)27(36)15-31-25-10-9-21(13-19(25)2)26-14-20(3)32-38-26;;/h6-10,13-14,30-31H,5,11-12,15-18H2,1-4H3;2*1H. The topological polar surface area (TPSA) is 94.0 Å². The Kier molecular flexibility index (Phi) is 12.4. The lowest BCUT2D eigenvalue weighted by molar-refractivity contribution is -0.151. The summed E-state index contributed by atoms with van der Waals surface area (Å²) in [6.45, 7) is 8.30. The van der Waals surface area contributed by atoms with Crippen molar-refractivity contribution in [3.8, 4) is 11.3 Å². The van der Waals surface area contributed by atoms with Crippen molar-refractivity contribution in [2.45, 2.75) is 33.9 Å². The predicted octanol–water partition coefficient (Wildman–Crippen LogP) is 4.18. The smallest absolute Gasteiger partial charge is 0.256 e. The first kappa shape index (κ1) is 33.0. The predicted molar refractivity (Wildman–Crippen MR) is 158 cm³/mol. The molecule has 0 aliphatic carbocycles. The first-order chi connectivity index (χ1) is 18.3. The Labute approximate surface area is 246 Å². The van der Waals surface area contributed by atoms with Gasteiger partial charge < -0.3 is 20.1 Å². The average molecular weight is 596 g/mol. The minimum absolute atomic E-state index is 0. The zero-order valence-electron chi connectivity index (χ0n) is 23.2. The van der Waals surface area contributed by atoms with Crippen molar-refractivity contribution in [2.24, 2.45) is 0 Å². The van der Waals surface area contributed by atoms with E-state index >= 15 is 0 Å². The molecular formula is C28H37Cl2FN6O3. The van der Waals surface area contributed by atoms with Crippen molar-refractivity contribution in [3.05, 3.63) is 70.7 Å². The highest BCUT2D eigenvalue weighted by molar-refractivity contribution is 5.87. The SMILES string of the molecule is CCNCCN(CC(=O)N(C)N1Cc2cccc(F)c2C1)C(=O)CNc1ccc(-c2cc(C)no2)cc1C.Cl.Cl. The monoisotopic (exact) mass is 594 g/mol. The minimum Gasteiger partial charge on any atom is -0.376 e. The number of nitrogens with zero attached hydrogens (tertiary/aromatic N) is 4. The van der Waals surface area contributed by atoms with Crippen LogP contribution in [0.3, 0.4) is 0 Å². The number of hydrogen-bond acceptors (Lipinski definition) is 7. The lowest BCUT2D eigenvalue weighted by Crippen LogP contribution is -2.49. The molecule has 1 aliphatic rings. The lowest BCUT2D eigenvalue weighted by Gasteiger charge is -2.31. The van der Waals surface area contributed by atoms with E-state index in [0.717, 1.165) is 34.6 Å². The molecule has 1 aliphatic heterocycles. The number of rotatable bonds is 11. The number of halogens is 3. The number of carbonyl (C=O) groups is 2. The first-order valence-electron chi connectivity index (χ1n) is 12.8. The Morgan fingerprint density at radius 1 is 1.10 bits per heavy atom. The lowest BCUT2D eigenvalue weighted by atomic mass is 10.1. The third-order valence-corrected chi connectivity index (χ3v) is 6.75. The van der Waals surface area contributed by atoms with E-state index in [9.17, 15) is 14.0 Å². The third kappa shape index (κ3) is 7.94. The number of likely N-dealkylation sites (N-methyl/N-ethyl adjacent to an activating group) is 2. The maximum Gasteiger partial charge on any atom is 0.256 e. The van der Waals surface area contributed by atoms with Gasteiger partial charge in [0.1, 0.15) is 12.4 Å². The molecule has 0 saturated heterocycles. The fourth-order valence-electron chi connectivity index (χ4n) is 4.48. The van der Waals surface area contributed by atoms with Gasteiger partial charge in [-0.2, -0.15) is 0 Å². The van der Waals surface area contributed by atoms with Gasteiger partial charge in [-0.05, 0) is 55.8 Å². The zero-order chi connectivity index (χ0) is 27.2. The molecule has 2 heterocycles. The molecule has 1 aromatic heterocycles. The quantitative estimate of drug-likeness (QED) is 0.322. The van der Waals surface area contributed by atoms with Crippen LogP contribution in [0.25, 0.3) is 11.3 Å². The summed E-state index contributed by atoms with van der Waals surface area (Å²) in [5.41, 5.74) is 4.98. The molecule has 218 valence electrons. The van der Waals surface area contributed by atoms with Gasteiger partial charge in [0.2, 0.25) is 5.91 Å². The molecule has 2 amide bonds. The number of aromatic nitrogens is 1. The second kappa shape index (κ2) is 15.0. The largest absolute Gasteiger partial charge is 0.376 e. The molecule has 0 atom stereocenters. The number of anilines is 1. The molecule has 4 rings (SSSR count). The highest BCUT2D eigenvalue weighted by Crippen LogP contribution is 2.27. The van der Waals surface area contributed by atoms with Gasteiger partial charge in [-0.1, -0.05) is 24.2 Å². The minimum atomic E-state index is -0.265. The van der Waals surface area contributed by atoms with Crippen molar-refractivity contribution >= 4 is 42.3 Å². The van der Waals surface area contributed by atoms with Crippen LogP contribution in [-0.2, 0) is 22.7 Å². The van der Waals surface area contributed by atoms with E-state index in [4.69, 9.17) is 4.52 Å². The summed E-state index contributed by atoms with van der Waals surface area (Å²) in [5, 5.41) is 13.6. The number of amides is 2. The van der Waals surface area contributed by atoms with Gasteiger partial charge in [0.25, 0.3) is 5.91 Å². The van der Waals surface area contributed by atoms with Crippen LogP contribution in [0.1, 0.15) is 29.3 Å². The van der Waals surface area contributed by atoms with Crippen LogP contribution >= 0.6 is 24.8 Å². The molecule has 0 spiro atoms. The van der Waals surface area contributed by atoms with Gasteiger partial charge in [0.05, 0.1) is 12.2 Å². The van der Waals surface area contributed by atoms with Crippen molar-refractivity contribution in [3.63, 3.8) is 0 Å². The highest BCUT2D eigenvalue weighted by atomic mass is 35.5. The van der Waals surface area contributed by atoms with Gasteiger partial charge in [-0.15, -0.1) is 24.8 Å². The molecule has 9 nitrogen and oxygen atoms in total. The van der Waals surface area contributed by atoms with Crippen LogP contribution in [0.5, 0.6) is 0 Å². The molecule has 2 N–H and O–H groups in total. The van der Waals surface area contributed by atoms with E-state index in [1.54, 1.807) is 23.0 Å². The molecule has 0 saturated carbocycles. The number of hydrogen-bond donors (Lipinski definition) is 2. The fraction of sp³-hybridized carbons (Fsp3) is 0.393. The van der Waals surface area contributed by atoms with E-state index < -0.39 is 0 Å². The van der Waals surface area contributed by atoms with Gasteiger partial charge in [0.15, 0.2) is 5.76 Å². The molecule has 0 fully saturated rings. The van der Waals surface area contributed by atoms with E-state index in [2.05, 4.69) is 15.8 Å². The van der Waals surface area contributed by atoms with Gasteiger partial charge in [-0.3, -0.25) is 14.6 Å². The molecule has 0 bridgehead atoms. The molecule has 3 aromatic rings. The number of nitrogens with one attached hydrogen (secondary N) is 2. The maximum atomic E-state index is 14.2. The van der Waals surface area contributed by atoms with Gasteiger partial charge >= 0.3 is 0 Å².